The number of halogens is 1. The van der Waals surface area contributed by atoms with Crippen molar-refractivity contribution < 1.29 is 14.6 Å². The van der Waals surface area contributed by atoms with E-state index in [9.17, 15) is 4.79 Å². The molecule has 1 aliphatic rings. The Kier molecular flexibility index (Phi) is 5.92. The molecule has 0 fully saturated rings. The van der Waals surface area contributed by atoms with Gasteiger partial charge in [-0.3, -0.25) is 4.79 Å². The topological polar surface area (TPSA) is 95.2 Å². The lowest BCUT2D eigenvalue weighted by Gasteiger charge is -1.99. The van der Waals surface area contributed by atoms with Crippen LogP contribution in [0, 0.1) is 11.3 Å². The van der Waals surface area contributed by atoms with Gasteiger partial charge in [-0.2, -0.15) is 5.26 Å². The Bertz CT molecular complexity index is 731. The van der Waals surface area contributed by atoms with Gasteiger partial charge in [-0.15, -0.1) is 0 Å². The predicted octanol–water partition coefficient (Wildman–Crippen LogP) is 2.44. The Hall–Kier alpha value is -2.62. The van der Waals surface area contributed by atoms with Crippen molar-refractivity contribution in [1.29, 1.82) is 5.26 Å². The summed E-state index contributed by atoms with van der Waals surface area (Å²) in [6, 6.07) is 12.8. The highest BCUT2D eigenvalue weighted by Crippen LogP contribution is 2.31. The monoisotopic (exact) mass is 331 g/mol. The summed E-state index contributed by atoms with van der Waals surface area (Å²) in [5.74, 6) is -0.958. The number of nitrogens with zero attached hydrogens (tertiary/aromatic N) is 2. The highest BCUT2D eigenvalue weighted by Gasteiger charge is 2.30. The average molecular weight is 332 g/mol. The van der Waals surface area contributed by atoms with Crippen LogP contribution in [-0.4, -0.2) is 22.7 Å². The Labute approximate surface area is 138 Å². The molecule has 1 aliphatic heterocycles. The summed E-state index contributed by atoms with van der Waals surface area (Å²) in [5.41, 5.74) is 2.35. The van der Waals surface area contributed by atoms with E-state index in [0.717, 1.165) is 5.56 Å². The molecule has 0 bridgehead atoms. The predicted molar refractivity (Wildman–Crippen MR) is 84.0 cm³/mol. The molecule has 1 aromatic heterocycles. The van der Waals surface area contributed by atoms with Crippen molar-refractivity contribution in [3.05, 3.63) is 59.3 Å². The quantitative estimate of drug-likeness (QED) is 0.839. The Morgan fingerprint density at radius 3 is 3.00 bits per heavy atom. The standard InChI is InChI=1S/C8H7ClN2.C8H7NO3/c9-11-6-8-3-1-2-7(4-8)5-10;10-8(11)6-4-12-7-5(6)2-1-3-9-7/h1-4,11H,6H2;1-3,6H,4H2,(H,10,11). The molecule has 1 unspecified atom stereocenters. The minimum Gasteiger partial charge on any atom is -0.481 e. The molecule has 1 aromatic carbocycles. The molecule has 0 aliphatic carbocycles. The minimum absolute atomic E-state index is 0.196. The Morgan fingerprint density at radius 2 is 2.30 bits per heavy atom. The molecule has 0 saturated carbocycles. The average Bonchev–Trinajstić information content (AvgIpc) is 3.00. The first-order valence-electron chi connectivity index (χ1n) is 6.78. The van der Waals surface area contributed by atoms with Gasteiger partial charge in [-0.1, -0.05) is 18.2 Å². The van der Waals surface area contributed by atoms with Crippen molar-refractivity contribution in [2.75, 3.05) is 6.61 Å². The third-order valence-corrected chi connectivity index (χ3v) is 3.32. The van der Waals surface area contributed by atoms with Gasteiger partial charge < -0.3 is 9.84 Å². The first-order chi connectivity index (χ1) is 11.2. The van der Waals surface area contributed by atoms with Gasteiger partial charge in [-0.05, 0) is 35.5 Å². The molecule has 2 heterocycles. The van der Waals surface area contributed by atoms with Gasteiger partial charge in [-0.25, -0.2) is 9.82 Å². The molecule has 6 nitrogen and oxygen atoms in total. The second-order valence-corrected chi connectivity index (χ2v) is 4.99. The summed E-state index contributed by atoms with van der Waals surface area (Å²) in [6.07, 6.45) is 1.59. The van der Waals surface area contributed by atoms with Crippen LogP contribution in [0.4, 0.5) is 0 Å². The number of carbonyl (C=O) groups is 1. The fraction of sp³-hybridized carbons (Fsp3) is 0.188. The lowest BCUT2D eigenvalue weighted by molar-refractivity contribution is -0.138. The molecule has 2 N–H and O–H groups in total. The zero-order valence-electron chi connectivity index (χ0n) is 12.1. The van der Waals surface area contributed by atoms with Gasteiger partial charge in [0.15, 0.2) is 0 Å². The van der Waals surface area contributed by atoms with Crippen LogP contribution >= 0.6 is 11.8 Å². The molecule has 1 atom stereocenters. The number of fused-ring (bicyclic) bond motifs is 1. The van der Waals surface area contributed by atoms with Crippen molar-refractivity contribution in [3.63, 3.8) is 0 Å². The number of nitrogens with one attached hydrogen (secondary N) is 1. The third kappa shape index (κ3) is 4.42. The summed E-state index contributed by atoms with van der Waals surface area (Å²) in [6.45, 7) is 0.777. The Morgan fingerprint density at radius 1 is 1.48 bits per heavy atom. The van der Waals surface area contributed by atoms with Crippen LogP contribution in [0.1, 0.15) is 22.6 Å². The summed E-state index contributed by atoms with van der Waals surface area (Å²) >= 11 is 5.30. The van der Waals surface area contributed by atoms with Crippen molar-refractivity contribution >= 4 is 17.7 Å². The van der Waals surface area contributed by atoms with Crippen molar-refractivity contribution in [1.82, 2.24) is 9.82 Å². The van der Waals surface area contributed by atoms with E-state index in [0.29, 0.717) is 23.6 Å². The molecular weight excluding hydrogens is 318 g/mol. The minimum atomic E-state index is -0.859. The first kappa shape index (κ1) is 16.7. The van der Waals surface area contributed by atoms with E-state index in [2.05, 4.69) is 15.9 Å². The molecule has 7 heteroatoms. The van der Waals surface area contributed by atoms with Gasteiger partial charge in [0.25, 0.3) is 0 Å². The van der Waals surface area contributed by atoms with Gasteiger partial charge in [0.2, 0.25) is 5.88 Å². The lowest BCUT2D eigenvalue weighted by Crippen LogP contribution is -2.12. The number of aromatic nitrogens is 1. The highest BCUT2D eigenvalue weighted by atomic mass is 35.5. The van der Waals surface area contributed by atoms with E-state index in [1.165, 1.54) is 0 Å². The second-order valence-electron chi connectivity index (χ2n) is 4.72. The maximum Gasteiger partial charge on any atom is 0.314 e. The second kappa shape index (κ2) is 8.13. The van der Waals surface area contributed by atoms with Crippen molar-refractivity contribution in [2.45, 2.75) is 12.5 Å². The van der Waals surface area contributed by atoms with E-state index in [1.807, 2.05) is 12.1 Å². The summed E-state index contributed by atoms with van der Waals surface area (Å²) in [4.78, 5) is 17.1. The van der Waals surface area contributed by atoms with Crippen molar-refractivity contribution in [2.24, 2.45) is 0 Å². The number of hydrogen-bond acceptors (Lipinski definition) is 5. The number of hydrogen-bond donors (Lipinski definition) is 2. The summed E-state index contributed by atoms with van der Waals surface area (Å²) in [7, 11) is 0. The first-order valence-corrected chi connectivity index (χ1v) is 7.16. The maximum absolute atomic E-state index is 10.7. The molecule has 0 radical (unpaired) electrons. The van der Waals surface area contributed by atoms with Crippen LogP contribution in [0.5, 0.6) is 5.88 Å². The van der Waals surface area contributed by atoms with Gasteiger partial charge in [0.1, 0.15) is 12.5 Å². The van der Waals surface area contributed by atoms with Gasteiger partial charge in [0.05, 0.1) is 11.6 Å². The van der Waals surface area contributed by atoms with Crippen LogP contribution in [0.2, 0.25) is 0 Å². The summed E-state index contributed by atoms with van der Waals surface area (Å²) < 4.78 is 5.08. The fourth-order valence-corrected chi connectivity index (χ4v) is 2.23. The van der Waals surface area contributed by atoms with Gasteiger partial charge in [0, 0.05) is 18.3 Å². The molecule has 0 amide bonds. The number of nitriles is 1. The fourth-order valence-electron chi connectivity index (χ4n) is 2.07. The van der Waals surface area contributed by atoms with E-state index < -0.39 is 11.9 Å². The Balaban J connectivity index is 0.000000168. The van der Waals surface area contributed by atoms with Crippen LogP contribution in [0.15, 0.2) is 42.6 Å². The molecule has 2 aromatic rings. The molecule has 0 spiro atoms. The SMILES string of the molecule is N#Cc1cccc(CNCl)c1.O=C(O)C1COc2ncccc21. The highest BCUT2D eigenvalue weighted by molar-refractivity contribution is 6.13. The molecule has 118 valence electrons. The number of benzene rings is 1. The van der Waals surface area contributed by atoms with Crippen LogP contribution in [0.25, 0.3) is 0 Å². The molecule has 23 heavy (non-hydrogen) atoms. The number of carboxylic acid groups (broad SMARTS) is 1. The van der Waals surface area contributed by atoms with Crippen LogP contribution in [0.3, 0.4) is 0 Å². The number of aliphatic carboxylic acids is 1. The zero-order chi connectivity index (χ0) is 16.7. The van der Waals surface area contributed by atoms with Crippen LogP contribution < -0.4 is 9.57 Å². The van der Waals surface area contributed by atoms with E-state index in [4.69, 9.17) is 26.9 Å². The van der Waals surface area contributed by atoms with E-state index >= 15 is 0 Å². The zero-order valence-corrected chi connectivity index (χ0v) is 12.8. The number of carboxylic acids is 1. The number of pyridine rings is 1. The summed E-state index contributed by atoms with van der Waals surface area (Å²) in [5, 5.41) is 17.3. The largest absolute Gasteiger partial charge is 0.481 e. The maximum atomic E-state index is 10.7. The number of rotatable bonds is 3. The van der Waals surface area contributed by atoms with Crippen LogP contribution in [-0.2, 0) is 11.3 Å². The molecule has 3 rings (SSSR count). The molecular formula is C16H14ClN3O3. The van der Waals surface area contributed by atoms with E-state index in [1.54, 1.807) is 30.5 Å². The third-order valence-electron chi connectivity index (χ3n) is 3.19. The van der Waals surface area contributed by atoms with Gasteiger partial charge >= 0.3 is 5.97 Å². The van der Waals surface area contributed by atoms with Crippen molar-refractivity contribution in [3.8, 4) is 11.9 Å². The smallest absolute Gasteiger partial charge is 0.314 e. The lowest BCUT2D eigenvalue weighted by atomic mass is 10.0. The van der Waals surface area contributed by atoms with E-state index in [-0.39, 0.29) is 6.61 Å². The number of ether oxygens (including phenoxy) is 1. The molecule has 0 saturated heterocycles. The normalized spacial score (nSPS) is 14.7.